The smallest absolute Gasteiger partial charge is 0.256 e. The lowest BCUT2D eigenvalue weighted by atomic mass is 9.85. The molecule has 0 unspecified atom stereocenters. The Kier molecular flexibility index (Phi) is 4.00. The second kappa shape index (κ2) is 5.99. The van der Waals surface area contributed by atoms with E-state index in [1.165, 1.54) is 10.4 Å². The number of phenolic OH excluding ortho intramolecular Hbond substituents is 1. The molecule has 4 rings (SSSR count). The van der Waals surface area contributed by atoms with E-state index in [0.29, 0.717) is 5.56 Å². The minimum Gasteiger partial charge on any atom is -0.508 e. The van der Waals surface area contributed by atoms with Crippen molar-refractivity contribution in [2.45, 2.75) is 45.3 Å². The number of nitrogens with zero attached hydrogens (tertiary/aromatic N) is 1. The second-order valence-electron chi connectivity index (χ2n) is 8.27. The second-order valence-corrected chi connectivity index (χ2v) is 9.38. The molecule has 1 amide bonds. The van der Waals surface area contributed by atoms with E-state index < -0.39 is 6.17 Å². The molecular formula is C20H25N3O2S. The number of hydrogen-bond donors (Lipinski definition) is 3. The highest BCUT2D eigenvalue weighted by Crippen LogP contribution is 2.42. The van der Waals surface area contributed by atoms with Crippen molar-refractivity contribution in [3.63, 3.8) is 0 Å². The first kappa shape index (κ1) is 17.4. The Morgan fingerprint density at radius 3 is 2.77 bits per heavy atom. The maximum Gasteiger partial charge on any atom is 0.256 e. The highest BCUT2D eigenvalue weighted by Gasteiger charge is 2.34. The molecule has 3 heterocycles. The number of hydrogen-bond acceptors (Lipinski definition) is 5. The summed E-state index contributed by atoms with van der Waals surface area (Å²) in [6, 6.07) is 5.64. The summed E-state index contributed by atoms with van der Waals surface area (Å²) >= 11 is 1.66. The zero-order valence-electron chi connectivity index (χ0n) is 15.6. The maximum absolute atomic E-state index is 12.8. The van der Waals surface area contributed by atoms with Gasteiger partial charge in [0, 0.05) is 23.5 Å². The molecule has 2 aliphatic rings. The molecule has 3 N–H and O–H groups in total. The van der Waals surface area contributed by atoms with Gasteiger partial charge in [0.15, 0.2) is 0 Å². The summed E-state index contributed by atoms with van der Waals surface area (Å²) in [7, 11) is 2.11. The molecule has 1 aromatic heterocycles. The van der Waals surface area contributed by atoms with Crippen LogP contribution in [0.4, 0.5) is 5.00 Å². The third-order valence-electron chi connectivity index (χ3n) is 5.23. The van der Waals surface area contributed by atoms with Crippen molar-refractivity contribution in [1.29, 1.82) is 0 Å². The summed E-state index contributed by atoms with van der Waals surface area (Å²) in [4.78, 5) is 16.4. The average Bonchev–Trinajstić information content (AvgIpc) is 2.91. The van der Waals surface area contributed by atoms with Crippen molar-refractivity contribution in [3.8, 4) is 5.75 Å². The van der Waals surface area contributed by atoms with Crippen molar-refractivity contribution < 1.29 is 9.90 Å². The van der Waals surface area contributed by atoms with Gasteiger partial charge >= 0.3 is 0 Å². The quantitative estimate of drug-likeness (QED) is 0.717. The van der Waals surface area contributed by atoms with Gasteiger partial charge in [-0.1, -0.05) is 26.8 Å². The lowest BCUT2D eigenvalue weighted by Crippen LogP contribution is -2.38. The number of aromatic hydroxyl groups is 1. The number of thiophene rings is 1. The Balaban J connectivity index is 1.71. The van der Waals surface area contributed by atoms with Gasteiger partial charge in [0.2, 0.25) is 0 Å². The minimum absolute atomic E-state index is 0.0289. The normalized spacial score (nSPS) is 20.2. The number of carbonyl (C=O) groups excluding carboxylic acids is 1. The third-order valence-corrected chi connectivity index (χ3v) is 6.38. The van der Waals surface area contributed by atoms with E-state index in [1.807, 2.05) is 12.1 Å². The number of carbonyl (C=O) groups is 1. The Morgan fingerprint density at radius 2 is 2.04 bits per heavy atom. The Bertz CT molecular complexity index is 882. The molecule has 26 heavy (non-hydrogen) atoms. The van der Waals surface area contributed by atoms with Crippen molar-refractivity contribution in [2.24, 2.45) is 0 Å². The predicted molar refractivity (Wildman–Crippen MR) is 105 cm³/mol. The van der Waals surface area contributed by atoms with E-state index in [4.69, 9.17) is 0 Å². The molecule has 0 spiro atoms. The molecule has 1 atom stereocenters. The fourth-order valence-corrected chi connectivity index (χ4v) is 5.00. The maximum atomic E-state index is 12.8. The molecule has 0 aliphatic carbocycles. The molecule has 138 valence electrons. The van der Waals surface area contributed by atoms with Gasteiger partial charge in [-0.3, -0.25) is 4.79 Å². The van der Waals surface area contributed by atoms with Crippen LogP contribution in [0.25, 0.3) is 0 Å². The molecule has 1 aromatic carbocycles. The number of phenols is 1. The fourth-order valence-electron chi connectivity index (χ4n) is 3.65. The van der Waals surface area contributed by atoms with E-state index >= 15 is 0 Å². The fraction of sp³-hybridized carbons (Fsp3) is 0.450. The minimum atomic E-state index is -0.421. The zero-order chi connectivity index (χ0) is 18.6. The largest absolute Gasteiger partial charge is 0.508 e. The molecule has 0 fully saturated rings. The van der Waals surface area contributed by atoms with Gasteiger partial charge in [-0.15, -0.1) is 11.3 Å². The number of nitrogens with one attached hydrogen (secondary N) is 2. The van der Waals surface area contributed by atoms with Gasteiger partial charge in [0.05, 0.1) is 5.56 Å². The van der Waals surface area contributed by atoms with E-state index in [1.54, 1.807) is 17.4 Å². The van der Waals surface area contributed by atoms with Crippen molar-refractivity contribution in [2.75, 3.05) is 18.9 Å². The van der Waals surface area contributed by atoms with Crippen LogP contribution in [-0.2, 0) is 18.4 Å². The SMILES string of the molecule is CN1CCc2c(sc3c2C(=O)N[C@@H](c2cc(C(C)(C)C)ccc2O)N3)C1. The van der Waals surface area contributed by atoms with Gasteiger partial charge in [-0.25, -0.2) is 0 Å². The Hall–Kier alpha value is -2.05. The molecule has 0 bridgehead atoms. The van der Waals surface area contributed by atoms with E-state index in [2.05, 4.69) is 43.4 Å². The van der Waals surface area contributed by atoms with Crippen LogP contribution in [0.2, 0.25) is 0 Å². The first-order valence-electron chi connectivity index (χ1n) is 8.98. The van der Waals surface area contributed by atoms with E-state index in [-0.39, 0.29) is 17.1 Å². The van der Waals surface area contributed by atoms with E-state index in [9.17, 15) is 9.90 Å². The summed E-state index contributed by atoms with van der Waals surface area (Å²) < 4.78 is 0. The monoisotopic (exact) mass is 371 g/mol. The lowest BCUT2D eigenvalue weighted by Gasteiger charge is -2.29. The summed E-state index contributed by atoms with van der Waals surface area (Å²) in [6.07, 6.45) is 0.484. The summed E-state index contributed by atoms with van der Waals surface area (Å²) in [6.45, 7) is 8.27. The van der Waals surface area contributed by atoms with Crippen LogP contribution < -0.4 is 10.6 Å². The molecule has 0 radical (unpaired) electrons. The number of likely N-dealkylation sites (N-methyl/N-ethyl adjacent to an activating group) is 1. The third kappa shape index (κ3) is 2.87. The molecular weight excluding hydrogens is 346 g/mol. The van der Waals surface area contributed by atoms with Gasteiger partial charge in [-0.05, 0) is 42.1 Å². The standard InChI is InChI=1S/C20H25N3O2S/c1-20(2,3)11-5-6-14(24)13(9-11)17-21-18(25)16-12-7-8-23(4)10-15(12)26-19(16)22-17/h5-6,9,17,22,24H,7-8,10H2,1-4H3,(H,21,25)/t17-/m1/s1. The molecule has 5 nitrogen and oxygen atoms in total. The number of fused-ring (bicyclic) bond motifs is 3. The molecule has 0 saturated carbocycles. The number of benzene rings is 1. The van der Waals surface area contributed by atoms with Crippen LogP contribution in [0.3, 0.4) is 0 Å². The first-order valence-corrected chi connectivity index (χ1v) is 9.79. The predicted octanol–water partition coefficient (Wildman–Crippen LogP) is 3.59. The van der Waals surface area contributed by atoms with Crippen molar-refractivity contribution in [3.05, 3.63) is 45.3 Å². The Labute approximate surface area is 158 Å². The first-order chi connectivity index (χ1) is 12.2. The average molecular weight is 372 g/mol. The zero-order valence-corrected chi connectivity index (χ0v) is 16.5. The van der Waals surface area contributed by atoms with Crippen LogP contribution in [0.5, 0.6) is 5.75 Å². The topological polar surface area (TPSA) is 64.6 Å². The van der Waals surface area contributed by atoms with Crippen molar-refractivity contribution >= 4 is 22.2 Å². The summed E-state index contributed by atoms with van der Waals surface area (Å²) in [5, 5.41) is 17.8. The molecule has 6 heteroatoms. The van der Waals surface area contributed by atoms with Crippen LogP contribution in [0, 0.1) is 0 Å². The summed E-state index contributed by atoms with van der Waals surface area (Å²) in [5.74, 6) is 0.145. The van der Waals surface area contributed by atoms with Crippen LogP contribution in [0.15, 0.2) is 18.2 Å². The lowest BCUT2D eigenvalue weighted by molar-refractivity contribution is 0.0934. The van der Waals surface area contributed by atoms with Crippen LogP contribution in [-0.4, -0.2) is 29.5 Å². The highest BCUT2D eigenvalue weighted by molar-refractivity contribution is 7.16. The summed E-state index contributed by atoms with van der Waals surface area (Å²) in [5.41, 5.74) is 3.78. The molecule has 2 aromatic rings. The van der Waals surface area contributed by atoms with Crippen molar-refractivity contribution in [1.82, 2.24) is 10.2 Å². The van der Waals surface area contributed by atoms with Gasteiger partial charge < -0.3 is 20.6 Å². The number of anilines is 1. The van der Waals surface area contributed by atoms with Crippen LogP contribution >= 0.6 is 11.3 Å². The van der Waals surface area contributed by atoms with Gasteiger partial charge in [0.1, 0.15) is 16.9 Å². The molecule has 2 aliphatic heterocycles. The molecule has 0 saturated heterocycles. The Morgan fingerprint density at radius 1 is 1.27 bits per heavy atom. The highest BCUT2D eigenvalue weighted by atomic mass is 32.1. The van der Waals surface area contributed by atoms with Gasteiger partial charge in [-0.2, -0.15) is 0 Å². The van der Waals surface area contributed by atoms with Gasteiger partial charge in [0.25, 0.3) is 5.91 Å². The van der Waals surface area contributed by atoms with E-state index in [0.717, 1.165) is 35.6 Å². The number of amides is 1. The number of rotatable bonds is 1. The van der Waals surface area contributed by atoms with Crippen LogP contribution in [0.1, 0.15) is 58.9 Å².